The molecule has 1 aromatic carbocycles. The number of pyridine rings is 1. The molecule has 13 heteroatoms. The van der Waals surface area contributed by atoms with Gasteiger partial charge in [-0.3, -0.25) is 4.79 Å². The Morgan fingerprint density at radius 2 is 1.83 bits per heavy atom. The summed E-state index contributed by atoms with van der Waals surface area (Å²) in [7, 11) is 0. The van der Waals surface area contributed by atoms with E-state index in [1.54, 1.807) is 15.2 Å². The number of nitrogens with zero attached hydrogens (tertiary/aromatic N) is 7. The van der Waals surface area contributed by atoms with Crippen molar-refractivity contribution in [3.05, 3.63) is 90.4 Å². The normalized spacial score (nSPS) is 15.0. The molecule has 214 valence electrons. The van der Waals surface area contributed by atoms with Gasteiger partial charge >= 0.3 is 5.95 Å². The van der Waals surface area contributed by atoms with E-state index >= 15 is 0 Å². The van der Waals surface area contributed by atoms with Crippen molar-refractivity contribution in [3.63, 3.8) is 0 Å². The van der Waals surface area contributed by atoms with Crippen molar-refractivity contribution in [1.82, 2.24) is 34.1 Å². The van der Waals surface area contributed by atoms with Crippen LogP contribution >= 0.6 is 0 Å². The van der Waals surface area contributed by atoms with Gasteiger partial charge in [-0.1, -0.05) is 13.0 Å². The Hall–Kier alpha value is -5.59. The summed E-state index contributed by atoms with van der Waals surface area (Å²) < 4.78 is 9.52. The van der Waals surface area contributed by atoms with E-state index in [1.165, 1.54) is 17.6 Å². The maximum atomic E-state index is 12.5. The van der Waals surface area contributed by atoms with Gasteiger partial charge in [-0.2, -0.15) is 10.2 Å². The van der Waals surface area contributed by atoms with Crippen LogP contribution in [0.4, 0.5) is 11.5 Å². The van der Waals surface area contributed by atoms with Gasteiger partial charge in [-0.25, -0.2) is 19.0 Å². The van der Waals surface area contributed by atoms with Crippen LogP contribution < -0.4 is 10.1 Å². The summed E-state index contributed by atoms with van der Waals surface area (Å²) in [6.07, 6.45) is 9.24. The smallest absolute Gasteiger partial charge is 0.324 e. The largest absolute Gasteiger partial charge is 0.498 e. The van der Waals surface area contributed by atoms with E-state index in [-0.39, 0.29) is 12.5 Å². The van der Waals surface area contributed by atoms with Crippen molar-refractivity contribution in [2.45, 2.75) is 20.3 Å². The SMILES string of the molecule is CCC1CN(C(=O)C(O)=C(O)O)CC=C1c1ccn2ncnc(Nc3ccc(Oc4ccn5ncnc5c4)c(C)c3)c12. The number of aliphatic hydroxyl groups is 3. The summed E-state index contributed by atoms with van der Waals surface area (Å²) in [5, 5.41) is 39.9. The number of ether oxygens (including phenoxy) is 1. The van der Waals surface area contributed by atoms with Crippen molar-refractivity contribution in [3.8, 4) is 11.5 Å². The standard InChI is InChI=1S/C29H28N8O5/c1-3-18-14-35(28(39)26(38)29(40)41)9-7-21(18)22-8-11-37-25(22)27(31-16-33-37)34-19-4-5-23(17(2)12-19)42-20-6-10-36-24(13-20)30-15-32-36/h4-8,10-13,15-16,18,38,40-41H,3,9,14H2,1-2H3,(H,31,33,34). The molecule has 4 aromatic heterocycles. The lowest BCUT2D eigenvalue weighted by Crippen LogP contribution is -2.40. The van der Waals surface area contributed by atoms with Gasteiger partial charge in [-0.15, -0.1) is 0 Å². The van der Waals surface area contributed by atoms with E-state index in [9.17, 15) is 9.90 Å². The molecule has 5 aromatic rings. The molecule has 42 heavy (non-hydrogen) atoms. The second-order valence-electron chi connectivity index (χ2n) is 9.91. The minimum Gasteiger partial charge on any atom is -0.498 e. The van der Waals surface area contributed by atoms with Crippen LogP contribution in [0.25, 0.3) is 16.7 Å². The molecule has 0 saturated heterocycles. The van der Waals surface area contributed by atoms with E-state index in [4.69, 9.17) is 14.9 Å². The van der Waals surface area contributed by atoms with Gasteiger partial charge in [0.1, 0.15) is 29.7 Å². The first kappa shape index (κ1) is 26.6. The number of nitrogens with one attached hydrogen (secondary N) is 1. The molecular weight excluding hydrogens is 540 g/mol. The molecule has 0 spiro atoms. The number of hydrogen-bond acceptors (Lipinski definition) is 10. The van der Waals surface area contributed by atoms with Crippen LogP contribution in [0.1, 0.15) is 24.5 Å². The molecule has 5 heterocycles. The molecule has 0 saturated carbocycles. The summed E-state index contributed by atoms with van der Waals surface area (Å²) >= 11 is 0. The molecule has 0 bridgehead atoms. The average molecular weight is 569 g/mol. The molecule has 1 atom stereocenters. The van der Waals surface area contributed by atoms with Gasteiger partial charge in [-0.05, 0) is 54.8 Å². The number of aryl methyl sites for hydroxylation is 1. The lowest BCUT2D eigenvalue weighted by Gasteiger charge is -2.32. The van der Waals surface area contributed by atoms with Crippen LogP contribution in [0.15, 0.2) is 79.2 Å². The van der Waals surface area contributed by atoms with E-state index in [0.717, 1.165) is 27.9 Å². The molecule has 0 radical (unpaired) electrons. The molecule has 1 amide bonds. The Morgan fingerprint density at radius 3 is 2.62 bits per heavy atom. The number of amides is 1. The van der Waals surface area contributed by atoms with Crippen LogP contribution in [-0.2, 0) is 4.79 Å². The first-order valence-electron chi connectivity index (χ1n) is 13.3. The summed E-state index contributed by atoms with van der Waals surface area (Å²) in [4.78, 5) is 22.6. The van der Waals surface area contributed by atoms with Crippen LogP contribution in [0.3, 0.4) is 0 Å². The maximum absolute atomic E-state index is 12.5. The number of fused-ring (bicyclic) bond motifs is 2. The summed E-state index contributed by atoms with van der Waals surface area (Å²) in [5.41, 5.74) is 5.13. The zero-order valence-corrected chi connectivity index (χ0v) is 22.8. The first-order chi connectivity index (χ1) is 20.3. The lowest BCUT2D eigenvalue weighted by atomic mass is 9.87. The highest BCUT2D eigenvalue weighted by Crippen LogP contribution is 2.36. The summed E-state index contributed by atoms with van der Waals surface area (Å²) in [5.74, 6) is -1.40. The van der Waals surface area contributed by atoms with Gasteiger partial charge in [0.25, 0.3) is 11.7 Å². The molecule has 0 fully saturated rings. The van der Waals surface area contributed by atoms with Crippen molar-refractivity contribution >= 4 is 34.1 Å². The topological polar surface area (TPSA) is 163 Å². The van der Waals surface area contributed by atoms with Crippen LogP contribution in [0, 0.1) is 12.8 Å². The number of rotatable bonds is 7. The first-order valence-corrected chi connectivity index (χ1v) is 13.3. The molecule has 6 rings (SSSR count). The third-order valence-electron chi connectivity index (χ3n) is 7.29. The molecule has 1 aliphatic rings. The fourth-order valence-corrected chi connectivity index (χ4v) is 5.15. The Bertz CT molecular complexity index is 1870. The highest BCUT2D eigenvalue weighted by atomic mass is 16.5. The number of carbonyl (C=O) groups is 1. The van der Waals surface area contributed by atoms with E-state index in [2.05, 4.69) is 25.5 Å². The van der Waals surface area contributed by atoms with Crippen LogP contribution in [0.5, 0.6) is 11.5 Å². The summed E-state index contributed by atoms with van der Waals surface area (Å²) in [6, 6.07) is 11.4. The highest BCUT2D eigenvalue weighted by Gasteiger charge is 2.30. The number of aliphatic hydroxyl groups excluding tert-OH is 2. The molecule has 0 aliphatic carbocycles. The predicted molar refractivity (Wildman–Crippen MR) is 154 cm³/mol. The number of aromatic nitrogens is 6. The van der Waals surface area contributed by atoms with Gasteiger partial charge in [0, 0.05) is 48.7 Å². The quantitative estimate of drug-likeness (QED) is 0.160. The van der Waals surface area contributed by atoms with Crippen LogP contribution in [0.2, 0.25) is 0 Å². The second-order valence-corrected chi connectivity index (χ2v) is 9.91. The molecule has 13 nitrogen and oxygen atoms in total. The van der Waals surface area contributed by atoms with Crippen LogP contribution in [-0.4, -0.2) is 68.4 Å². The third-order valence-corrected chi connectivity index (χ3v) is 7.29. The van der Waals surface area contributed by atoms with E-state index in [1.807, 2.05) is 62.5 Å². The van der Waals surface area contributed by atoms with Crippen molar-refractivity contribution in [1.29, 1.82) is 0 Å². The Morgan fingerprint density at radius 1 is 1.05 bits per heavy atom. The number of hydrogen-bond donors (Lipinski definition) is 4. The van der Waals surface area contributed by atoms with Crippen molar-refractivity contribution in [2.75, 3.05) is 18.4 Å². The maximum Gasteiger partial charge on any atom is 0.324 e. The van der Waals surface area contributed by atoms with Gasteiger partial charge in [0.2, 0.25) is 0 Å². The molecule has 1 unspecified atom stereocenters. The zero-order chi connectivity index (χ0) is 29.4. The fraction of sp³-hybridized carbons (Fsp3) is 0.207. The van der Waals surface area contributed by atoms with E-state index < -0.39 is 17.6 Å². The predicted octanol–water partition coefficient (Wildman–Crippen LogP) is 4.71. The number of anilines is 2. The van der Waals surface area contributed by atoms with Crippen molar-refractivity contribution in [2.24, 2.45) is 5.92 Å². The Balaban J connectivity index is 1.27. The number of benzene rings is 1. The Kier molecular flexibility index (Phi) is 6.82. The van der Waals surface area contributed by atoms with E-state index in [0.29, 0.717) is 35.9 Å². The Labute approximate surface area is 239 Å². The molecule has 1 aliphatic heterocycles. The third kappa shape index (κ3) is 4.91. The molecule has 4 N–H and O–H groups in total. The second kappa shape index (κ2) is 10.8. The summed E-state index contributed by atoms with van der Waals surface area (Å²) in [6.45, 7) is 4.47. The highest BCUT2D eigenvalue weighted by molar-refractivity contribution is 5.93. The minimum absolute atomic E-state index is 0.0637. The van der Waals surface area contributed by atoms with Gasteiger partial charge in [0.05, 0.1) is 0 Å². The van der Waals surface area contributed by atoms with Gasteiger partial charge in [0.15, 0.2) is 11.5 Å². The van der Waals surface area contributed by atoms with Crippen molar-refractivity contribution < 1.29 is 24.9 Å². The monoisotopic (exact) mass is 568 g/mol. The lowest BCUT2D eigenvalue weighted by molar-refractivity contribution is -0.130. The number of carbonyl (C=O) groups excluding carboxylic acids is 1. The fourth-order valence-electron chi connectivity index (χ4n) is 5.15. The molecular formula is C29H28N8O5. The van der Waals surface area contributed by atoms with Gasteiger partial charge < -0.3 is 30.3 Å². The zero-order valence-electron chi connectivity index (χ0n) is 22.8. The minimum atomic E-state index is -1.39. The average Bonchev–Trinajstić information content (AvgIpc) is 3.65.